The molecule has 0 spiro atoms. The molecule has 0 bridgehead atoms. The molecule has 4 rings (SSSR count). The molecule has 1 aliphatic heterocycles. The van der Waals surface area contributed by atoms with Gasteiger partial charge in [-0.1, -0.05) is 46.3 Å². The van der Waals surface area contributed by atoms with E-state index in [1.807, 2.05) is 48.5 Å². The van der Waals surface area contributed by atoms with E-state index in [9.17, 15) is 4.79 Å². The summed E-state index contributed by atoms with van der Waals surface area (Å²) in [5.41, 5.74) is 3.79. The van der Waals surface area contributed by atoms with Crippen LogP contribution in [-0.2, 0) is 4.79 Å². The number of aromatic nitrogens is 2. The third-order valence-corrected chi connectivity index (χ3v) is 4.35. The van der Waals surface area contributed by atoms with Crippen molar-refractivity contribution in [2.45, 2.75) is 0 Å². The second kappa shape index (κ2) is 6.49. The van der Waals surface area contributed by atoms with Crippen LogP contribution in [0.15, 0.2) is 71.6 Å². The lowest BCUT2D eigenvalue weighted by atomic mass is 10.0. The average Bonchev–Trinajstić information content (AvgIpc) is 2.96. The molecule has 0 saturated carbocycles. The number of hydrogen-bond donors (Lipinski definition) is 2. The standard InChI is InChI=1S/C19H13BrN4O/c20-13-6-7-15-14(10-13)17(19(25)23-15)18(12-4-2-1-3-5-12)24-16-11-21-8-9-22-16/h1-11H,(H,22,24)(H,23,25)/b18-17-. The second-order valence-corrected chi connectivity index (χ2v) is 6.39. The maximum absolute atomic E-state index is 12.7. The van der Waals surface area contributed by atoms with Crippen LogP contribution in [0.1, 0.15) is 11.1 Å². The Hall–Kier alpha value is -2.99. The summed E-state index contributed by atoms with van der Waals surface area (Å²) in [6.07, 6.45) is 4.84. The van der Waals surface area contributed by atoms with Gasteiger partial charge in [-0.3, -0.25) is 9.78 Å². The van der Waals surface area contributed by atoms with Crippen LogP contribution in [-0.4, -0.2) is 15.9 Å². The summed E-state index contributed by atoms with van der Waals surface area (Å²) in [4.78, 5) is 21.0. The van der Waals surface area contributed by atoms with Crippen LogP contribution in [0, 0.1) is 0 Å². The maximum Gasteiger partial charge on any atom is 0.258 e. The molecule has 1 aromatic heterocycles. The van der Waals surface area contributed by atoms with Crippen molar-refractivity contribution in [3.63, 3.8) is 0 Å². The first kappa shape index (κ1) is 15.5. The van der Waals surface area contributed by atoms with Crippen molar-refractivity contribution in [2.24, 2.45) is 0 Å². The van der Waals surface area contributed by atoms with E-state index >= 15 is 0 Å². The highest BCUT2D eigenvalue weighted by Gasteiger charge is 2.28. The lowest BCUT2D eigenvalue weighted by Crippen LogP contribution is -2.10. The Bertz CT molecular complexity index is 971. The van der Waals surface area contributed by atoms with Crippen LogP contribution in [0.25, 0.3) is 11.3 Å². The van der Waals surface area contributed by atoms with Gasteiger partial charge in [-0.25, -0.2) is 4.98 Å². The summed E-state index contributed by atoms with van der Waals surface area (Å²) in [7, 11) is 0. The number of benzene rings is 2. The van der Waals surface area contributed by atoms with E-state index < -0.39 is 0 Å². The molecule has 0 aliphatic carbocycles. The number of nitrogens with one attached hydrogen (secondary N) is 2. The van der Waals surface area contributed by atoms with Crippen molar-refractivity contribution in [1.82, 2.24) is 9.97 Å². The van der Waals surface area contributed by atoms with Gasteiger partial charge in [0, 0.05) is 28.1 Å². The molecule has 1 aliphatic rings. The van der Waals surface area contributed by atoms with Crippen LogP contribution in [0.5, 0.6) is 0 Å². The molecule has 1 amide bonds. The highest BCUT2D eigenvalue weighted by atomic mass is 79.9. The molecule has 0 saturated heterocycles. The summed E-state index contributed by atoms with van der Waals surface area (Å²) in [5.74, 6) is 0.424. The fourth-order valence-corrected chi connectivity index (χ4v) is 3.12. The van der Waals surface area contributed by atoms with Gasteiger partial charge in [-0.2, -0.15) is 0 Å². The zero-order valence-corrected chi connectivity index (χ0v) is 14.6. The van der Waals surface area contributed by atoms with E-state index in [2.05, 4.69) is 36.5 Å². The van der Waals surface area contributed by atoms with Crippen molar-refractivity contribution in [3.05, 3.63) is 82.7 Å². The number of carbonyl (C=O) groups excluding carboxylic acids is 1. The lowest BCUT2D eigenvalue weighted by molar-refractivity contribution is -0.110. The fraction of sp³-hybridized carbons (Fsp3) is 0. The quantitative estimate of drug-likeness (QED) is 0.656. The van der Waals surface area contributed by atoms with Crippen LogP contribution < -0.4 is 10.6 Å². The van der Waals surface area contributed by atoms with Crippen LogP contribution >= 0.6 is 15.9 Å². The number of nitrogens with zero attached hydrogens (tertiary/aromatic N) is 2. The van der Waals surface area contributed by atoms with Crippen molar-refractivity contribution >= 4 is 44.6 Å². The largest absolute Gasteiger partial charge is 0.338 e. The Morgan fingerprint density at radius 2 is 1.92 bits per heavy atom. The normalized spacial score (nSPS) is 14.7. The minimum absolute atomic E-state index is 0.150. The highest BCUT2D eigenvalue weighted by Crippen LogP contribution is 2.38. The summed E-state index contributed by atoms with van der Waals surface area (Å²) in [5, 5.41) is 6.17. The smallest absolute Gasteiger partial charge is 0.258 e. The molecule has 3 aromatic rings. The minimum Gasteiger partial charge on any atom is -0.338 e. The number of rotatable bonds is 3. The third-order valence-electron chi connectivity index (χ3n) is 3.85. The number of hydrogen-bond acceptors (Lipinski definition) is 4. The van der Waals surface area contributed by atoms with Gasteiger partial charge in [0.15, 0.2) is 0 Å². The van der Waals surface area contributed by atoms with E-state index in [-0.39, 0.29) is 5.91 Å². The Kier molecular flexibility index (Phi) is 4.03. The van der Waals surface area contributed by atoms with E-state index in [1.54, 1.807) is 18.6 Å². The summed E-state index contributed by atoms with van der Waals surface area (Å²) < 4.78 is 0.909. The van der Waals surface area contributed by atoms with Crippen molar-refractivity contribution in [1.29, 1.82) is 0 Å². The van der Waals surface area contributed by atoms with Crippen LogP contribution in [0.3, 0.4) is 0 Å². The second-order valence-electron chi connectivity index (χ2n) is 5.48. The Labute approximate surface area is 153 Å². The first-order chi connectivity index (χ1) is 12.2. The molecule has 122 valence electrons. The molecular weight excluding hydrogens is 380 g/mol. The Balaban J connectivity index is 1.93. The zero-order chi connectivity index (χ0) is 17.2. The van der Waals surface area contributed by atoms with E-state index in [0.717, 1.165) is 21.3 Å². The van der Waals surface area contributed by atoms with Crippen LogP contribution in [0.4, 0.5) is 11.5 Å². The molecule has 6 heteroatoms. The summed E-state index contributed by atoms with van der Waals surface area (Å²) >= 11 is 3.48. The number of halogens is 1. The van der Waals surface area contributed by atoms with Gasteiger partial charge < -0.3 is 10.6 Å². The van der Waals surface area contributed by atoms with Gasteiger partial charge in [0.25, 0.3) is 5.91 Å². The van der Waals surface area contributed by atoms with Crippen LogP contribution in [0.2, 0.25) is 0 Å². The van der Waals surface area contributed by atoms with Crippen molar-refractivity contribution in [3.8, 4) is 0 Å². The monoisotopic (exact) mass is 392 g/mol. The Morgan fingerprint density at radius 3 is 2.68 bits per heavy atom. The average molecular weight is 393 g/mol. The minimum atomic E-state index is -0.150. The lowest BCUT2D eigenvalue weighted by Gasteiger charge is -2.13. The molecule has 2 aromatic carbocycles. The molecule has 0 fully saturated rings. The zero-order valence-electron chi connectivity index (χ0n) is 13.0. The molecule has 2 N–H and O–H groups in total. The van der Waals surface area contributed by atoms with Gasteiger partial charge >= 0.3 is 0 Å². The van der Waals surface area contributed by atoms with Crippen molar-refractivity contribution in [2.75, 3.05) is 10.6 Å². The number of fused-ring (bicyclic) bond motifs is 1. The number of anilines is 2. The first-order valence-electron chi connectivity index (χ1n) is 7.66. The van der Waals surface area contributed by atoms with Gasteiger partial charge in [0.05, 0.1) is 17.5 Å². The maximum atomic E-state index is 12.7. The molecule has 5 nitrogen and oxygen atoms in total. The number of carbonyl (C=O) groups is 1. The molecule has 2 heterocycles. The van der Waals surface area contributed by atoms with E-state index in [4.69, 9.17) is 0 Å². The SMILES string of the molecule is O=C1Nc2ccc(Br)cc2/C1=C(/Nc1cnccn1)c1ccccc1. The molecule has 25 heavy (non-hydrogen) atoms. The Morgan fingerprint density at radius 1 is 1.08 bits per heavy atom. The van der Waals surface area contributed by atoms with Crippen molar-refractivity contribution < 1.29 is 4.79 Å². The first-order valence-corrected chi connectivity index (χ1v) is 8.46. The van der Waals surface area contributed by atoms with E-state index in [1.165, 1.54) is 0 Å². The predicted octanol–water partition coefficient (Wildman–Crippen LogP) is 4.17. The topological polar surface area (TPSA) is 66.9 Å². The van der Waals surface area contributed by atoms with E-state index in [0.29, 0.717) is 17.1 Å². The molecule has 0 radical (unpaired) electrons. The molecule has 0 unspecified atom stereocenters. The van der Waals surface area contributed by atoms with Gasteiger partial charge in [0.1, 0.15) is 5.82 Å². The fourth-order valence-electron chi connectivity index (χ4n) is 2.76. The van der Waals surface area contributed by atoms with Gasteiger partial charge in [0.2, 0.25) is 0 Å². The van der Waals surface area contributed by atoms with Gasteiger partial charge in [-0.05, 0) is 23.8 Å². The number of amides is 1. The van der Waals surface area contributed by atoms with Gasteiger partial charge in [-0.15, -0.1) is 0 Å². The predicted molar refractivity (Wildman–Crippen MR) is 102 cm³/mol. The third kappa shape index (κ3) is 3.04. The highest BCUT2D eigenvalue weighted by molar-refractivity contribution is 9.10. The molecular formula is C19H13BrN4O. The summed E-state index contributed by atoms with van der Waals surface area (Å²) in [6, 6.07) is 15.4. The summed E-state index contributed by atoms with van der Waals surface area (Å²) in [6.45, 7) is 0. The molecule has 0 atom stereocenters.